The molecule has 6 bridgehead atoms. The van der Waals surface area contributed by atoms with E-state index in [-0.39, 0.29) is 22.9 Å². The largest absolute Gasteiger partial charge is 0.455 e. The third kappa shape index (κ3) is 2.66. The van der Waals surface area contributed by atoms with Crippen LogP contribution in [0.5, 0.6) is 0 Å². The van der Waals surface area contributed by atoms with Crippen LogP contribution in [0.15, 0.2) is 11.3 Å². The van der Waals surface area contributed by atoms with Gasteiger partial charge in [0.1, 0.15) is 0 Å². The minimum Gasteiger partial charge on any atom is -0.449 e. The summed E-state index contributed by atoms with van der Waals surface area (Å²) in [5.74, 6) is -16.5. The fourth-order valence-corrected chi connectivity index (χ4v) is 10.2. The van der Waals surface area contributed by atoms with E-state index in [1.54, 1.807) is 0 Å². The number of rotatable bonds is 2. The van der Waals surface area contributed by atoms with Crippen molar-refractivity contribution in [3.05, 3.63) is 11.3 Å². The number of carbonyl (C=O) groups excluding carboxylic acids is 3. The molecule has 38 heavy (non-hydrogen) atoms. The van der Waals surface area contributed by atoms with E-state index in [1.165, 1.54) is 0 Å². The Kier molecular flexibility index (Phi) is 4.28. The summed E-state index contributed by atoms with van der Waals surface area (Å²) >= 11 is 0. The molecule has 4 aliphatic carbocycles. The van der Waals surface area contributed by atoms with Gasteiger partial charge in [-0.15, -0.1) is 0 Å². The fourth-order valence-electron chi connectivity index (χ4n) is 7.55. The number of carbonyl (C=O) groups is 3. The molecule has 6 fully saturated rings. The number of alkyl halides is 4. The monoisotopic (exact) mass is 587 g/mol. The van der Waals surface area contributed by atoms with E-state index < -0.39 is 107 Å². The maximum Gasteiger partial charge on any atom is 0.455 e. The van der Waals surface area contributed by atoms with E-state index in [2.05, 4.69) is 0 Å². The van der Waals surface area contributed by atoms with Crippen LogP contribution in [-0.2, 0) is 53.4 Å². The van der Waals surface area contributed by atoms with Gasteiger partial charge in [0.05, 0.1) is 17.8 Å². The normalized spacial score (nSPS) is 49.8. The third-order valence-corrected chi connectivity index (χ3v) is 12.3. The Labute approximate surface area is 211 Å². The number of nitrogens with one attached hydrogen (secondary N) is 1. The molecule has 0 amide bonds. The van der Waals surface area contributed by atoms with Crippen molar-refractivity contribution in [2.45, 2.75) is 54.2 Å². The molecule has 0 aromatic rings. The quantitative estimate of drug-likeness (QED) is 0.352. The zero-order valence-electron chi connectivity index (χ0n) is 18.8. The zero-order chi connectivity index (χ0) is 27.4. The Hall–Kier alpha value is -2.47. The number of fused-ring (bicyclic) bond motifs is 1. The van der Waals surface area contributed by atoms with Gasteiger partial charge in [-0.1, -0.05) is 4.13 Å². The van der Waals surface area contributed by atoms with Crippen molar-refractivity contribution in [1.82, 2.24) is 4.13 Å². The van der Waals surface area contributed by atoms with E-state index >= 15 is 8.78 Å². The van der Waals surface area contributed by atoms with Gasteiger partial charge in [0.15, 0.2) is 5.76 Å². The number of ether oxygens (including phenoxy) is 4. The highest BCUT2D eigenvalue weighted by atomic mass is 32.3. The van der Waals surface area contributed by atoms with Gasteiger partial charge in [-0.3, -0.25) is 9.59 Å². The van der Waals surface area contributed by atoms with Gasteiger partial charge >= 0.3 is 38.4 Å². The summed E-state index contributed by atoms with van der Waals surface area (Å²) in [4.78, 5) is 37.3. The van der Waals surface area contributed by atoms with Crippen LogP contribution in [-0.4, -0.2) is 56.8 Å². The predicted molar refractivity (Wildman–Crippen MR) is 107 cm³/mol. The van der Waals surface area contributed by atoms with Gasteiger partial charge in [-0.2, -0.15) is 17.6 Å². The summed E-state index contributed by atoms with van der Waals surface area (Å²) in [7, 11) is -13.3. The molecule has 0 aromatic carbocycles. The Morgan fingerprint density at radius 2 is 1.47 bits per heavy atom. The predicted octanol–water partition coefficient (Wildman–Crippen LogP) is 0.457. The van der Waals surface area contributed by atoms with Gasteiger partial charge in [0.2, 0.25) is 0 Å². The average Bonchev–Trinajstić information content (AvgIpc) is 3.55. The standard InChI is InChI=1S/C20H17F4NO11S2/c21-19(22)13(33-17-4-6-1-8(10(17)2-6)14(26)34-17)11-7-3-9-12(11)18(5-7,35-15(9)27)36-16(28)20(23,24)38(31,32)25-37(19,29)30/h6-10,12,25H,1-5H2/b13-11+. The molecule has 208 valence electrons. The first-order chi connectivity index (χ1) is 17.4. The van der Waals surface area contributed by atoms with E-state index in [9.17, 15) is 40.0 Å². The Morgan fingerprint density at radius 1 is 0.816 bits per heavy atom. The van der Waals surface area contributed by atoms with Crippen molar-refractivity contribution in [3.63, 3.8) is 0 Å². The van der Waals surface area contributed by atoms with Gasteiger partial charge in [0.25, 0.3) is 21.6 Å². The molecule has 12 nitrogen and oxygen atoms in total. The summed E-state index contributed by atoms with van der Waals surface area (Å²) in [6, 6.07) is 0. The lowest BCUT2D eigenvalue weighted by molar-refractivity contribution is -0.232. The van der Waals surface area contributed by atoms with E-state index in [4.69, 9.17) is 18.9 Å². The number of hydrogen-bond acceptors (Lipinski definition) is 11. The van der Waals surface area contributed by atoms with Crippen LogP contribution in [0.1, 0.15) is 32.1 Å². The van der Waals surface area contributed by atoms with Crippen LogP contribution in [0, 0.1) is 35.5 Å². The molecule has 7 aliphatic rings. The van der Waals surface area contributed by atoms with Crippen LogP contribution >= 0.6 is 0 Å². The first-order valence-corrected chi connectivity index (χ1v) is 14.6. The second kappa shape index (κ2) is 6.63. The smallest absolute Gasteiger partial charge is 0.449 e. The van der Waals surface area contributed by atoms with Crippen LogP contribution in [0.4, 0.5) is 17.6 Å². The average molecular weight is 587 g/mol. The van der Waals surface area contributed by atoms with Crippen molar-refractivity contribution < 1.29 is 67.7 Å². The van der Waals surface area contributed by atoms with Crippen LogP contribution in [0.2, 0.25) is 0 Å². The van der Waals surface area contributed by atoms with E-state index in [1.807, 2.05) is 0 Å². The topological polar surface area (TPSA) is 168 Å². The molecule has 0 aromatic heterocycles. The van der Waals surface area contributed by atoms with Crippen molar-refractivity contribution in [2.24, 2.45) is 35.5 Å². The van der Waals surface area contributed by atoms with Crippen LogP contribution in [0.3, 0.4) is 0 Å². The minimum absolute atomic E-state index is 0.0645. The maximum atomic E-state index is 16.0. The molecule has 2 saturated heterocycles. The molecule has 3 heterocycles. The molecule has 18 heteroatoms. The molecule has 1 N–H and O–H groups in total. The Bertz CT molecular complexity index is 1490. The molecule has 7 rings (SSSR count). The molecule has 0 radical (unpaired) electrons. The molecule has 8 atom stereocenters. The molecule has 3 aliphatic heterocycles. The fraction of sp³-hybridized carbons (Fsp3) is 0.750. The first kappa shape index (κ1) is 24.6. The van der Waals surface area contributed by atoms with Crippen molar-refractivity contribution >= 4 is 38.0 Å². The number of esters is 3. The summed E-state index contributed by atoms with van der Waals surface area (Å²) in [6.07, 6.45) is -0.0850. The second-order valence-electron chi connectivity index (χ2n) is 10.8. The van der Waals surface area contributed by atoms with E-state index in [0.29, 0.717) is 12.8 Å². The Balaban J connectivity index is 1.46. The third-order valence-electron chi connectivity index (χ3n) is 8.87. The van der Waals surface area contributed by atoms with Crippen LogP contribution < -0.4 is 4.13 Å². The molecular weight excluding hydrogens is 570 g/mol. The maximum absolute atomic E-state index is 16.0. The second-order valence-corrected chi connectivity index (χ2v) is 14.5. The van der Waals surface area contributed by atoms with Crippen molar-refractivity contribution in [1.29, 1.82) is 0 Å². The van der Waals surface area contributed by atoms with Crippen molar-refractivity contribution in [3.8, 4) is 0 Å². The van der Waals surface area contributed by atoms with Gasteiger partial charge < -0.3 is 18.9 Å². The summed E-state index contributed by atoms with van der Waals surface area (Å²) in [5, 5.41) is -11.0. The SMILES string of the molecule is O=C1OC2(O/C3=C4\C5CC6C(=O)OC(C5)(OC(=O)C(F)(F)S(=O)(=O)NS(=O)(=O)C3(F)F)C46)CC3CC1C2C3. The zero-order valence-corrected chi connectivity index (χ0v) is 20.5. The summed E-state index contributed by atoms with van der Waals surface area (Å²) in [6.45, 7) is 0. The molecular formula is C20H17F4NO11S2. The van der Waals surface area contributed by atoms with E-state index in [0.717, 1.165) is 0 Å². The molecule has 0 spiro atoms. The first-order valence-electron chi connectivity index (χ1n) is 11.6. The lowest BCUT2D eigenvalue weighted by atomic mass is 9.86. The Morgan fingerprint density at radius 3 is 2.16 bits per heavy atom. The molecule has 8 unspecified atom stereocenters. The molecule has 4 saturated carbocycles. The van der Waals surface area contributed by atoms with Crippen molar-refractivity contribution in [2.75, 3.05) is 0 Å². The number of halogens is 4. The van der Waals surface area contributed by atoms with Gasteiger partial charge in [0, 0.05) is 18.8 Å². The highest BCUT2D eigenvalue weighted by Gasteiger charge is 2.77. The lowest BCUT2D eigenvalue weighted by Gasteiger charge is -2.35. The number of hydrogen-bond donors (Lipinski definition) is 1. The lowest BCUT2D eigenvalue weighted by Crippen LogP contribution is -2.54. The minimum atomic E-state index is -6.68. The highest BCUT2D eigenvalue weighted by molar-refractivity contribution is 8.06. The highest BCUT2D eigenvalue weighted by Crippen LogP contribution is 2.68. The van der Waals surface area contributed by atoms with Gasteiger partial charge in [-0.25, -0.2) is 21.6 Å². The van der Waals surface area contributed by atoms with Gasteiger partial charge in [-0.05, 0) is 36.7 Å². The number of sulfonamides is 2. The summed E-state index contributed by atoms with van der Waals surface area (Å²) in [5.41, 5.74) is -0.553. The summed E-state index contributed by atoms with van der Waals surface area (Å²) < 4.78 is 132. The van der Waals surface area contributed by atoms with Crippen LogP contribution in [0.25, 0.3) is 0 Å².